The van der Waals surface area contributed by atoms with Gasteiger partial charge in [-0.3, -0.25) is 0 Å². The normalized spacial score (nSPS) is 10.9. The van der Waals surface area contributed by atoms with E-state index in [1.807, 2.05) is 48.5 Å². The van der Waals surface area contributed by atoms with Gasteiger partial charge in [-0.15, -0.1) is 0 Å². The summed E-state index contributed by atoms with van der Waals surface area (Å²) in [7, 11) is 0. The molecule has 0 atom stereocenters. The summed E-state index contributed by atoms with van der Waals surface area (Å²) in [5, 5.41) is 8.80. The Morgan fingerprint density at radius 3 is 2.30 bits per heavy atom. The minimum atomic E-state index is -0.284. The summed E-state index contributed by atoms with van der Waals surface area (Å²) in [6.45, 7) is 2.10. The van der Waals surface area contributed by atoms with Crippen LogP contribution in [0.2, 0.25) is 0 Å². The second kappa shape index (κ2) is 7.41. The minimum absolute atomic E-state index is 0.284. The summed E-state index contributed by atoms with van der Waals surface area (Å²) in [6, 6.07) is 21.6. The quantitative estimate of drug-likeness (QED) is 0.544. The van der Waals surface area contributed by atoms with Crippen molar-refractivity contribution >= 4 is 6.03 Å². The van der Waals surface area contributed by atoms with Gasteiger partial charge in [0.1, 0.15) is 0 Å². The van der Waals surface area contributed by atoms with E-state index < -0.39 is 0 Å². The molecule has 5 nitrogen and oxygen atoms in total. The first-order valence-electron chi connectivity index (χ1n) is 9.02. The highest BCUT2D eigenvalue weighted by Crippen LogP contribution is 2.28. The van der Waals surface area contributed by atoms with E-state index >= 15 is 0 Å². The van der Waals surface area contributed by atoms with Crippen LogP contribution in [0.3, 0.4) is 0 Å². The smallest absolute Gasteiger partial charge is 0.244 e. The third-order valence-corrected chi connectivity index (χ3v) is 4.56. The zero-order valence-electron chi connectivity index (χ0n) is 15.1. The SMILES string of the molecule is CCc1c(Cc2ccccc2)nn(C(=O)n2cccn2)c1-c1ccccc1. The van der Waals surface area contributed by atoms with Crippen LogP contribution in [0.15, 0.2) is 79.1 Å². The van der Waals surface area contributed by atoms with Crippen molar-refractivity contribution in [2.45, 2.75) is 19.8 Å². The maximum Gasteiger partial charge on any atom is 0.369 e. The van der Waals surface area contributed by atoms with Crippen LogP contribution in [-0.2, 0) is 12.8 Å². The molecule has 2 aromatic carbocycles. The van der Waals surface area contributed by atoms with Crippen LogP contribution in [0, 0.1) is 0 Å². The summed E-state index contributed by atoms with van der Waals surface area (Å²) in [4.78, 5) is 13.0. The molecule has 4 rings (SSSR count). The van der Waals surface area contributed by atoms with E-state index in [1.165, 1.54) is 14.9 Å². The predicted molar refractivity (Wildman–Crippen MR) is 105 cm³/mol. The van der Waals surface area contributed by atoms with Crippen LogP contribution in [0.4, 0.5) is 4.79 Å². The second-order valence-corrected chi connectivity index (χ2v) is 6.30. The van der Waals surface area contributed by atoms with E-state index in [2.05, 4.69) is 24.2 Å². The number of aromatic nitrogens is 4. The third kappa shape index (κ3) is 3.31. The van der Waals surface area contributed by atoms with Gasteiger partial charge in [0.15, 0.2) is 0 Å². The molecule has 0 fully saturated rings. The van der Waals surface area contributed by atoms with Crippen LogP contribution >= 0.6 is 0 Å². The number of benzene rings is 2. The van der Waals surface area contributed by atoms with Crippen molar-refractivity contribution in [3.05, 3.63) is 95.9 Å². The maximum absolute atomic E-state index is 13.0. The summed E-state index contributed by atoms with van der Waals surface area (Å²) in [5.74, 6) is 0. The average Bonchev–Trinajstić information content (AvgIpc) is 3.37. The van der Waals surface area contributed by atoms with E-state index in [4.69, 9.17) is 5.10 Å². The van der Waals surface area contributed by atoms with Gasteiger partial charge in [0, 0.05) is 29.9 Å². The highest BCUT2D eigenvalue weighted by molar-refractivity contribution is 5.84. The highest BCUT2D eigenvalue weighted by Gasteiger charge is 2.23. The summed E-state index contributed by atoms with van der Waals surface area (Å²) in [6.07, 6.45) is 4.71. The van der Waals surface area contributed by atoms with Gasteiger partial charge >= 0.3 is 6.03 Å². The van der Waals surface area contributed by atoms with Crippen molar-refractivity contribution < 1.29 is 4.79 Å². The molecule has 5 heteroatoms. The Morgan fingerprint density at radius 1 is 0.963 bits per heavy atom. The molecule has 0 N–H and O–H groups in total. The van der Waals surface area contributed by atoms with Crippen LogP contribution in [0.25, 0.3) is 11.3 Å². The molecule has 0 saturated carbocycles. The molecular formula is C22H20N4O. The van der Waals surface area contributed by atoms with Crippen LogP contribution in [0.1, 0.15) is 23.7 Å². The van der Waals surface area contributed by atoms with Crippen molar-refractivity contribution in [1.82, 2.24) is 19.6 Å². The fourth-order valence-electron chi connectivity index (χ4n) is 3.31. The van der Waals surface area contributed by atoms with Crippen molar-refractivity contribution in [1.29, 1.82) is 0 Å². The maximum atomic E-state index is 13.0. The lowest BCUT2D eigenvalue weighted by Gasteiger charge is -2.08. The lowest BCUT2D eigenvalue weighted by molar-refractivity contribution is 0.238. The van der Waals surface area contributed by atoms with E-state index in [0.29, 0.717) is 6.42 Å². The minimum Gasteiger partial charge on any atom is -0.244 e. The summed E-state index contributed by atoms with van der Waals surface area (Å²) >= 11 is 0. The number of carbonyl (C=O) groups excluding carboxylic acids is 1. The lowest BCUT2D eigenvalue weighted by Crippen LogP contribution is -2.22. The molecule has 0 amide bonds. The molecule has 2 aromatic heterocycles. The average molecular weight is 356 g/mol. The van der Waals surface area contributed by atoms with Gasteiger partial charge in [0.05, 0.1) is 11.4 Å². The molecule has 0 aliphatic heterocycles. The zero-order valence-corrected chi connectivity index (χ0v) is 15.1. The first kappa shape index (κ1) is 17.0. The first-order valence-corrected chi connectivity index (χ1v) is 9.02. The van der Waals surface area contributed by atoms with E-state index in [9.17, 15) is 4.79 Å². The van der Waals surface area contributed by atoms with Gasteiger partial charge < -0.3 is 0 Å². The standard InChI is InChI=1S/C22H20N4O/c1-2-19-20(16-17-10-5-3-6-11-17)24-26(22(27)25-15-9-14-23-25)21(19)18-12-7-4-8-13-18/h3-15H,2,16H2,1H3. The van der Waals surface area contributed by atoms with E-state index in [-0.39, 0.29) is 6.03 Å². The van der Waals surface area contributed by atoms with E-state index in [0.717, 1.165) is 28.9 Å². The topological polar surface area (TPSA) is 52.7 Å². The lowest BCUT2D eigenvalue weighted by atomic mass is 10.00. The van der Waals surface area contributed by atoms with Crippen molar-refractivity contribution in [3.63, 3.8) is 0 Å². The number of rotatable bonds is 4. The summed E-state index contributed by atoms with van der Waals surface area (Å²) < 4.78 is 2.80. The Kier molecular flexibility index (Phi) is 4.66. The zero-order chi connectivity index (χ0) is 18.6. The Hall–Kier alpha value is -3.47. The molecule has 2 heterocycles. The first-order chi connectivity index (χ1) is 13.3. The van der Waals surface area contributed by atoms with E-state index in [1.54, 1.807) is 18.5 Å². The van der Waals surface area contributed by atoms with Gasteiger partial charge in [0.2, 0.25) is 0 Å². The van der Waals surface area contributed by atoms with Crippen molar-refractivity contribution in [2.24, 2.45) is 0 Å². The predicted octanol–water partition coefficient (Wildman–Crippen LogP) is 4.42. The second-order valence-electron chi connectivity index (χ2n) is 6.30. The number of nitrogens with zero attached hydrogens (tertiary/aromatic N) is 4. The van der Waals surface area contributed by atoms with Crippen LogP contribution < -0.4 is 0 Å². The fourth-order valence-corrected chi connectivity index (χ4v) is 3.31. The molecule has 0 aliphatic carbocycles. The van der Waals surface area contributed by atoms with Gasteiger partial charge in [-0.1, -0.05) is 67.6 Å². The molecule has 4 aromatic rings. The van der Waals surface area contributed by atoms with Crippen molar-refractivity contribution in [3.8, 4) is 11.3 Å². The fraction of sp³-hybridized carbons (Fsp3) is 0.136. The Bertz CT molecular complexity index is 1030. The molecule has 0 unspecified atom stereocenters. The van der Waals surface area contributed by atoms with Gasteiger partial charge in [-0.25, -0.2) is 4.79 Å². The van der Waals surface area contributed by atoms with Gasteiger partial charge in [-0.05, 0) is 18.1 Å². The Labute approximate surface area is 157 Å². The largest absolute Gasteiger partial charge is 0.369 e. The van der Waals surface area contributed by atoms with Gasteiger partial charge in [-0.2, -0.15) is 19.6 Å². The molecule has 134 valence electrons. The Balaban J connectivity index is 1.87. The Morgan fingerprint density at radius 2 is 1.67 bits per heavy atom. The van der Waals surface area contributed by atoms with Gasteiger partial charge in [0.25, 0.3) is 0 Å². The highest BCUT2D eigenvalue weighted by atomic mass is 16.2. The molecule has 0 spiro atoms. The monoisotopic (exact) mass is 356 g/mol. The molecule has 0 bridgehead atoms. The molecule has 0 saturated heterocycles. The van der Waals surface area contributed by atoms with Crippen LogP contribution in [0.5, 0.6) is 0 Å². The van der Waals surface area contributed by atoms with Crippen molar-refractivity contribution in [2.75, 3.05) is 0 Å². The molecular weight excluding hydrogens is 336 g/mol. The number of hydrogen-bond donors (Lipinski definition) is 0. The van der Waals surface area contributed by atoms with Crippen LogP contribution in [-0.4, -0.2) is 25.6 Å². The number of hydrogen-bond acceptors (Lipinski definition) is 3. The molecule has 0 aliphatic rings. The summed E-state index contributed by atoms with van der Waals surface area (Å²) in [5.41, 5.74) is 4.99. The third-order valence-electron chi connectivity index (χ3n) is 4.56. The molecule has 0 radical (unpaired) electrons. The molecule has 27 heavy (non-hydrogen) atoms. The number of carbonyl (C=O) groups is 1.